The first-order valence-corrected chi connectivity index (χ1v) is 9.72. The van der Waals surface area contributed by atoms with Crippen molar-refractivity contribution in [1.29, 1.82) is 0 Å². The minimum atomic E-state index is 0.753. The minimum absolute atomic E-state index is 0.753. The summed E-state index contributed by atoms with van der Waals surface area (Å²) in [6.07, 6.45) is 7.75. The molecule has 0 aromatic carbocycles. The van der Waals surface area contributed by atoms with Crippen LogP contribution in [0, 0.1) is 5.92 Å². The predicted molar refractivity (Wildman–Crippen MR) is 102 cm³/mol. The molecule has 0 aliphatic carbocycles. The van der Waals surface area contributed by atoms with Crippen LogP contribution in [0.5, 0.6) is 0 Å². The van der Waals surface area contributed by atoms with Gasteiger partial charge in [-0.1, -0.05) is 19.1 Å². The number of thiophene rings is 1. The van der Waals surface area contributed by atoms with Crippen molar-refractivity contribution in [2.75, 3.05) is 36.0 Å². The van der Waals surface area contributed by atoms with Gasteiger partial charge >= 0.3 is 0 Å². The molecule has 4 heterocycles. The molecule has 2 aromatic rings. The molecule has 0 saturated carbocycles. The number of hydrogen-bond donors (Lipinski definition) is 0. The van der Waals surface area contributed by atoms with Crippen LogP contribution in [-0.2, 0) is 0 Å². The van der Waals surface area contributed by atoms with Gasteiger partial charge in [0.15, 0.2) is 0 Å². The van der Waals surface area contributed by atoms with E-state index in [1.54, 1.807) is 6.33 Å². The summed E-state index contributed by atoms with van der Waals surface area (Å²) in [5.74, 6) is 2.89. The topological polar surface area (TPSA) is 32.3 Å². The Morgan fingerprint density at radius 3 is 2.75 bits per heavy atom. The van der Waals surface area contributed by atoms with Crippen molar-refractivity contribution in [2.24, 2.45) is 5.92 Å². The third-order valence-corrected chi connectivity index (χ3v) is 5.94. The standard InChI is InChI=1S/C19H24N4S/c1-15-4-2-8-23(13-15)19-12-18(20-14-21-19)22-9-6-16(7-10-22)17-5-3-11-24-17/h3,5-6,11-12,14-15H,2,4,7-10,13H2,1H3. The quantitative estimate of drug-likeness (QED) is 0.843. The van der Waals surface area contributed by atoms with E-state index in [4.69, 9.17) is 0 Å². The van der Waals surface area contributed by atoms with Gasteiger partial charge in [-0.15, -0.1) is 11.3 Å². The van der Waals surface area contributed by atoms with Gasteiger partial charge in [-0.05, 0) is 42.2 Å². The van der Waals surface area contributed by atoms with Gasteiger partial charge in [-0.3, -0.25) is 0 Å². The van der Waals surface area contributed by atoms with E-state index in [2.05, 4.69) is 56.3 Å². The summed E-state index contributed by atoms with van der Waals surface area (Å²) in [6.45, 7) is 6.51. The summed E-state index contributed by atoms with van der Waals surface area (Å²) < 4.78 is 0. The Kier molecular flexibility index (Phi) is 4.52. The average molecular weight is 340 g/mol. The molecular weight excluding hydrogens is 316 g/mol. The second-order valence-corrected chi connectivity index (χ2v) is 7.78. The highest BCUT2D eigenvalue weighted by Gasteiger charge is 2.20. The van der Waals surface area contributed by atoms with Crippen LogP contribution < -0.4 is 9.80 Å². The molecule has 0 amide bonds. The van der Waals surface area contributed by atoms with Crippen LogP contribution in [-0.4, -0.2) is 36.1 Å². The SMILES string of the molecule is CC1CCCN(c2cc(N3CC=C(c4cccs4)CC3)ncn2)C1. The molecule has 126 valence electrons. The maximum absolute atomic E-state index is 4.53. The first kappa shape index (κ1) is 15.6. The number of anilines is 2. The highest BCUT2D eigenvalue weighted by Crippen LogP contribution is 2.29. The lowest BCUT2D eigenvalue weighted by Gasteiger charge is -2.33. The molecule has 24 heavy (non-hydrogen) atoms. The highest BCUT2D eigenvalue weighted by molar-refractivity contribution is 7.11. The van der Waals surface area contributed by atoms with Crippen LogP contribution in [0.3, 0.4) is 0 Å². The molecule has 1 unspecified atom stereocenters. The molecule has 0 N–H and O–H groups in total. The van der Waals surface area contributed by atoms with E-state index < -0.39 is 0 Å². The third-order valence-electron chi connectivity index (χ3n) is 4.99. The number of nitrogens with zero attached hydrogens (tertiary/aromatic N) is 4. The zero-order valence-corrected chi connectivity index (χ0v) is 15.0. The second kappa shape index (κ2) is 6.93. The molecule has 4 nitrogen and oxygen atoms in total. The van der Waals surface area contributed by atoms with E-state index in [1.807, 2.05) is 11.3 Å². The summed E-state index contributed by atoms with van der Waals surface area (Å²) in [4.78, 5) is 15.2. The van der Waals surface area contributed by atoms with E-state index in [-0.39, 0.29) is 0 Å². The average Bonchev–Trinajstić information content (AvgIpc) is 3.17. The van der Waals surface area contributed by atoms with Gasteiger partial charge in [-0.2, -0.15) is 0 Å². The first-order chi connectivity index (χ1) is 11.8. The van der Waals surface area contributed by atoms with Crippen molar-refractivity contribution in [2.45, 2.75) is 26.2 Å². The highest BCUT2D eigenvalue weighted by atomic mass is 32.1. The lowest BCUT2D eigenvalue weighted by molar-refractivity contribution is 0.444. The van der Waals surface area contributed by atoms with Crippen molar-refractivity contribution >= 4 is 28.5 Å². The fourth-order valence-corrected chi connectivity index (χ4v) is 4.44. The van der Waals surface area contributed by atoms with Gasteiger partial charge in [0.05, 0.1) is 0 Å². The maximum atomic E-state index is 4.53. The minimum Gasteiger partial charge on any atom is -0.356 e. The smallest absolute Gasteiger partial charge is 0.134 e. The van der Waals surface area contributed by atoms with Crippen LogP contribution in [0.2, 0.25) is 0 Å². The summed E-state index contributed by atoms with van der Waals surface area (Å²) in [7, 11) is 0. The van der Waals surface area contributed by atoms with Crippen LogP contribution in [0.25, 0.3) is 5.57 Å². The molecule has 1 atom stereocenters. The van der Waals surface area contributed by atoms with Crippen molar-refractivity contribution < 1.29 is 0 Å². The van der Waals surface area contributed by atoms with Gasteiger partial charge in [0, 0.05) is 37.1 Å². The zero-order chi connectivity index (χ0) is 16.4. The lowest BCUT2D eigenvalue weighted by atomic mass is 10.0. The molecule has 2 aliphatic heterocycles. The van der Waals surface area contributed by atoms with Gasteiger partial charge in [0.2, 0.25) is 0 Å². The first-order valence-electron chi connectivity index (χ1n) is 8.84. The van der Waals surface area contributed by atoms with E-state index >= 15 is 0 Å². The molecule has 1 saturated heterocycles. The third kappa shape index (κ3) is 3.31. The Hall–Kier alpha value is -1.88. The number of piperidine rings is 1. The van der Waals surface area contributed by atoms with E-state index in [0.717, 1.165) is 50.2 Å². The molecule has 0 spiro atoms. The Labute approximate surface area is 147 Å². The summed E-state index contributed by atoms with van der Waals surface area (Å²) >= 11 is 1.83. The Bertz CT molecular complexity index is 710. The molecule has 4 rings (SSSR count). The van der Waals surface area contributed by atoms with Crippen molar-refractivity contribution in [1.82, 2.24) is 9.97 Å². The molecular formula is C19H24N4S. The molecule has 2 aliphatic rings. The van der Waals surface area contributed by atoms with Gasteiger partial charge in [-0.25, -0.2) is 9.97 Å². The van der Waals surface area contributed by atoms with Crippen molar-refractivity contribution in [3.05, 3.63) is 40.9 Å². The molecule has 0 radical (unpaired) electrons. The van der Waals surface area contributed by atoms with Crippen LogP contribution >= 0.6 is 11.3 Å². The Morgan fingerprint density at radius 2 is 2.04 bits per heavy atom. The number of hydrogen-bond acceptors (Lipinski definition) is 5. The van der Waals surface area contributed by atoms with Gasteiger partial charge in [0.1, 0.15) is 18.0 Å². The molecule has 0 bridgehead atoms. The number of rotatable bonds is 3. The number of aromatic nitrogens is 2. The van der Waals surface area contributed by atoms with Crippen molar-refractivity contribution in [3.8, 4) is 0 Å². The van der Waals surface area contributed by atoms with Crippen molar-refractivity contribution in [3.63, 3.8) is 0 Å². The van der Waals surface area contributed by atoms with Crippen LogP contribution in [0.1, 0.15) is 31.1 Å². The fraction of sp³-hybridized carbons (Fsp3) is 0.474. The maximum Gasteiger partial charge on any atom is 0.134 e. The Morgan fingerprint density at radius 1 is 1.17 bits per heavy atom. The summed E-state index contributed by atoms with van der Waals surface area (Å²) in [5, 5.41) is 2.15. The lowest BCUT2D eigenvalue weighted by Crippen LogP contribution is -2.35. The predicted octanol–water partition coefficient (Wildman–Crippen LogP) is 4.07. The second-order valence-electron chi connectivity index (χ2n) is 6.83. The van der Waals surface area contributed by atoms with Crippen LogP contribution in [0.4, 0.5) is 11.6 Å². The largest absolute Gasteiger partial charge is 0.356 e. The van der Waals surface area contributed by atoms with Gasteiger partial charge < -0.3 is 9.80 Å². The summed E-state index contributed by atoms with van der Waals surface area (Å²) in [5.41, 5.74) is 1.47. The van der Waals surface area contributed by atoms with E-state index in [0.29, 0.717) is 0 Å². The fourth-order valence-electron chi connectivity index (χ4n) is 3.64. The van der Waals surface area contributed by atoms with E-state index in [1.165, 1.54) is 23.3 Å². The molecule has 5 heteroatoms. The molecule has 1 fully saturated rings. The monoisotopic (exact) mass is 340 g/mol. The normalized spacial score (nSPS) is 21.7. The zero-order valence-electron chi connectivity index (χ0n) is 14.2. The van der Waals surface area contributed by atoms with E-state index in [9.17, 15) is 0 Å². The van der Waals surface area contributed by atoms with Crippen LogP contribution in [0.15, 0.2) is 36.0 Å². The van der Waals surface area contributed by atoms with Gasteiger partial charge in [0.25, 0.3) is 0 Å². The summed E-state index contributed by atoms with van der Waals surface area (Å²) in [6, 6.07) is 6.51. The molecule has 2 aromatic heterocycles. The Balaban J connectivity index is 1.48.